The van der Waals surface area contributed by atoms with Crippen LogP contribution in [0.4, 0.5) is 0 Å². The number of hydrogen-bond donors (Lipinski definition) is 1. The number of carbonyl (C=O) groups is 1. The number of Topliss-reactive ketones (excluding diaryl/α,β-unsaturated/α-hetero) is 1. The lowest BCUT2D eigenvalue weighted by Gasteiger charge is -2.14. The summed E-state index contributed by atoms with van der Waals surface area (Å²) in [6, 6.07) is 4.96. The Hall–Kier alpha value is -1.81. The van der Waals surface area contributed by atoms with Crippen LogP contribution in [0, 0.1) is 5.92 Å². The first kappa shape index (κ1) is 10.7. The average molecular weight is 220 g/mol. The molecule has 0 saturated heterocycles. The van der Waals surface area contributed by atoms with Crippen molar-refractivity contribution >= 4 is 5.78 Å². The molecule has 4 heteroatoms. The van der Waals surface area contributed by atoms with Crippen molar-refractivity contribution in [1.29, 1.82) is 0 Å². The fourth-order valence-electron chi connectivity index (χ4n) is 1.42. The van der Waals surface area contributed by atoms with E-state index in [-0.39, 0.29) is 12.4 Å². The van der Waals surface area contributed by atoms with Gasteiger partial charge >= 0.3 is 0 Å². The third kappa shape index (κ3) is 1.92. The zero-order valence-electron chi connectivity index (χ0n) is 8.84. The van der Waals surface area contributed by atoms with Crippen LogP contribution in [0.15, 0.2) is 30.7 Å². The molecule has 2 rings (SSSR count). The van der Waals surface area contributed by atoms with Crippen molar-refractivity contribution in [2.75, 3.05) is 6.61 Å². The topological polar surface area (TPSA) is 55.8 Å². The normalized spacial score (nSPS) is 14.6. The molecule has 0 aliphatic carbocycles. The third-order valence-electron chi connectivity index (χ3n) is 2.40. The van der Waals surface area contributed by atoms with Crippen LogP contribution in [0.1, 0.15) is 17.3 Å². The summed E-state index contributed by atoms with van der Waals surface area (Å²) in [5.74, 6) is 0.579. The summed E-state index contributed by atoms with van der Waals surface area (Å²) in [5.41, 5.74) is 0.513. The van der Waals surface area contributed by atoms with E-state index in [2.05, 4.69) is 0 Å². The SMILES string of the molecule is C[C@H](CO)C(=O)c1ccc2c(c1)OC=CO2. The van der Waals surface area contributed by atoms with Crippen LogP contribution in [0.5, 0.6) is 11.5 Å². The van der Waals surface area contributed by atoms with Crippen LogP contribution in [0.2, 0.25) is 0 Å². The molecule has 84 valence electrons. The maximum Gasteiger partial charge on any atom is 0.169 e. The van der Waals surface area contributed by atoms with E-state index in [1.165, 1.54) is 12.5 Å². The van der Waals surface area contributed by atoms with Crippen molar-refractivity contribution in [2.45, 2.75) is 6.92 Å². The van der Waals surface area contributed by atoms with Crippen molar-refractivity contribution in [3.63, 3.8) is 0 Å². The number of hydrogen-bond acceptors (Lipinski definition) is 4. The second-order valence-corrected chi connectivity index (χ2v) is 3.62. The molecule has 1 heterocycles. The lowest BCUT2D eigenvalue weighted by atomic mass is 10.00. The molecule has 1 aliphatic heterocycles. The van der Waals surface area contributed by atoms with E-state index in [1.807, 2.05) is 0 Å². The van der Waals surface area contributed by atoms with Gasteiger partial charge in [-0.05, 0) is 18.2 Å². The van der Waals surface area contributed by atoms with Crippen LogP contribution < -0.4 is 9.47 Å². The molecular weight excluding hydrogens is 208 g/mol. The van der Waals surface area contributed by atoms with E-state index in [0.29, 0.717) is 17.1 Å². The van der Waals surface area contributed by atoms with Gasteiger partial charge in [0.1, 0.15) is 12.5 Å². The zero-order chi connectivity index (χ0) is 11.5. The predicted molar refractivity (Wildman–Crippen MR) is 57.4 cm³/mol. The van der Waals surface area contributed by atoms with E-state index in [4.69, 9.17) is 14.6 Å². The largest absolute Gasteiger partial charge is 0.458 e. The molecule has 0 fully saturated rings. The van der Waals surface area contributed by atoms with Gasteiger partial charge in [-0.2, -0.15) is 0 Å². The standard InChI is InChI=1S/C12H12O4/c1-8(7-13)12(14)9-2-3-10-11(6-9)16-5-4-15-10/h2-6,8,13H,7H2,1H3/t8-/m1/s1. The average Bonchev–Trinajstić information content (AvgIpc) is 2.36. The maximum atomic E-state index is 11.8. The molecule has 0 saturated carbocycles. The highest BCUT2D eigenvalue weighted by Crippen LogP contribution is 2.31. The first-order chi connectivity index (χ1) is 7.72. The molecule has 0 aromatic heterocycles. The molecule has 0 amide bonds. The highest BCUT2D eigenvalue weighted by Gasteiger charge is 2.17. The molecule has 0 bridgehead atoms. The Morgan fingerprint density at radius 2 is 2.00 bits per heavy atom. The van der Waals surface area contributed by atoms with Gasteiger partial charge in [0.25, 0.3) is 0 Å². The lowest BCUT2D eigenvalue weighted by molar-refractivity contribution is 0.0877. The van der Waals surface area contributed by atoms with Crippen LogP contribution in [-0.2, 0) is 0 Å². The first-order valence-electron chi connectivity index (χ1n) is 5.00. The lowest BCUT2D eigenvalue weighted by Crippen LogP contribution is -2.15. The highest BCUT2D eigenvalue weighted by atomic mass is 16.5. The van der Waals surface area contributed by atoms with Gasteiger partial charge in [-0.25, -0.2) is 0 Å². The number of aliphatic hydroxyl groups excluding tert-OH is 1. The summed E-state index contributed by atoms with van der Waals surface area (Å²) in [6.45, 7) is 1.52. The van der Waals surface area contributed by atoms with Gasteiger partial charge in [-0.3, -0.25) is 4.79 Å². The van der Waals surface area contributed by atoms with Gasteiger partial charge in [0.2, 0.25) is 0 Å². The third-order valence-corrected chi connectivity index (χ3v) is 2.40. The molecule has 1 aromatic rings. The first-order valence-corrected chi connectivity index (χ1v) is 5.00. The Kier molecular flexibility index (Phi) is 2.92. The summed E-state index contributed by atoms with van der Waals surface area (Å²) >= 11 is 0. The maximum absolute atomic E-state index is 11.8. The molecule has 0 spiro atoms. The predicted octanol–water partition coefficient (Wildman–Crippen LogP) is 1.74. The molecule has 4 nitrogen and oxygen atoms in total. The van der Waals surface area contributed by atoms with Crippen molar-refractivity contribution in [1.82, 2.24) is 0 Å². The Balaban J connectivity index is 2.28. The van der Waals surface area contributed by atoms with E-state index < -0.39 is 5.92 Å². The summed E-state index contributed by atoms with van der Waals surface area (Å²) in [5, 5.41) is 8.92. The number of ether oxygens (including phenoxy) is 2. The Bertz CT molecular complexity index is 437. The van der Waals surface area contributed by atoms with E-state index in [1.54, 1.807) is 25.1 Å². The van der Waals surface area contributed by atoms with Crippen molar-refractivity contribution < 1.29 is 19.4 Å². The molecule has 0 radical (unpaired) electrons. The summed E-state index contributed by atoms with van der Waals surface area (Å²) in [4.78, 5) is 11.8. The molecule has 1 N–H and O–H groups in total. The van der Waals surface area contributed by atoms with Gasteiger partial charge in [-0.1, -0.05) is 6.92 Å². The van der Waals surface area contributed by atoms with Crippen molar-refractivity contribution in [3.05, 3.63) is 36.3 Å². The zero-order valence-corrected chi connectivity index (χ0v) is 8.84. The smallest absolute Gasteiger partial charge is 0.169 e. The summed E-state index contributed by atoms with van der Waals surface area (Å²) in [7, 11) is 0. The molecule has 1 aliphatic rings. The van der Waals surface area contributed by atoms with Crippen LogP contribution in [0.25, 0.3) is 0 Å². The van der Waals surface area contributed by atoms with Crippen molar-refractivity contribution in [3.8, 4) is 11.5 Å². The molecule has 1 atom stereocenters. The Morgan fingerprint density at radius 3 is 2.69 bits per heavy atom. The second kappa shape index (κ2) is 4.37. The monoisotopic (exact) mass is 220 g/mol. The fourth-order valence-corrected chi connectivity index (χ4v) is 1.42. The van der Waals surface area contributed by atoms with E-state index in [9.17, 15) is 4.79 Å². The second-order valence-electron chi connectivity index (χ2n) is 3.62. The molecule has 0 unspecified atom stereocenters. The minimum atomic E-state index is -0.405. The molecule has 16 heavy (non-hydrogen) atoms. The van der Waals surface area contributed by atoms with Gasteiger partial charge in [0.05, 0.1) is 6.61 Å². The minimum absolute atomic E-state index is 0.108. The number of carbonyl (C=O) groups excluding carboxylic acids is 1. The van der Waals surface area contributed by atoms with Crippen LogP contribution >= 0.6 is 0 Å². The summed E-state index contributed by atoms with van der Waals surface area (Å²) < 4.78 is 10.4. The Morgan fingerprint density at radius 1 is 1.31 bits per heavy atom. The van der Waals surface area contributed by atoms with Crippen LogP contribution in [0.3, 0.4) is 0 Å². The molecule has 1 aromatic carbocycles. The fraction of sp³-hybridized carbons (Fsp3) is 0.250. The van der Waals surface area contributed by atoms with Gasteiger partial charge in [0.15, 0.2) is 17.3 Å². The number of rotatable bonds is 3. The van der Waals surface area contributed by atoms with Gasteiger partial charge in [-0.15, -0.1) is 0 Å². The van der Waals surface area contributed by atoms with Gasteiger partial charge < -0.3 is 14.6 Å². The summed E-state index contributed by atoms with van der Waals surface area (Å²) in [6.07, 6.45) is 2.84. The van der Waals surface area contributed by atoms with Crippen LogP contribution in [-0.4, -0.2) is 17.5 Å². The number of ketones is 1. The number of benzene rings is 1. The highest BCUT2D eigenvalue weighted by molar-refractivity contribution is 5.98. The molecular formula is C12H12O4. The van der Waals surface area contributed by atoms with Crippen molar-refractivity contribution in [2.24, 2.45) is 5.92 Å². The number of fused-ring (bicyclic) bond motifs is 1. The van der Waals surface area contributed by atoms with E-state index >= 15 is 0 Å². The Labute approximate surface area is 93.1 Å². The number of aliphatic hydroxyl groups is 1. The minimum Gasteiger partial charge on any atom is -0.458 e. The quantitative estimate of drug-likeness (QED) is 0.788. The van der Waals surface area contributed by atoms with E-state index in [0.717, 1.165) is 0 Å². The van der Waals surface area contributed by atoms with Gasteiger partial charge in [0, 0.05) is 11.5 Å².